The van der Waals surface area contributed by atoms with Crippen LogP contribution in [0.4, 0.5) is 0 Å². The molecule has 0 aromatic rings. The lowest BCUT2D eigenvalue weighted by molar-refractivity contribution is -0.160. The van der Waals surface area contributed by atoms with Crippen molar-refractivity contribution in [1.82, 2.24) is 0 Å². The van der Waals surface area contributed by atoms with Crippen LogP contribution in [0.15, 0.2) is 0 Å². The van der Waals surface area contributed by atoms with Crippen LogP contribution < -0.4 is 0 Å². The quantitative estimate of drug-likeness (QED) is 0.518. The summed E-state index contributed by atoms with van der Waals surface area (Å²) in [5, 5.41) is 10.6. The first-order valence-corrected chi connectivity index (χ1v) is 11.6. The van der Waals surface area contributed by atoms with Gasteiger partial charge in [-0.2, -0.15) is 0 Å². The summed E-state index contributed by atoms with van der Waals surface area (Å²) in [7, 11) is 0. The van der Waals surface area contributed by atoms with E-state index in [1.807, 2.05) is 13.8 Å². The molecule has 0 spiro atoms. The molecule has 0 heterocycles. The lowest BCUT2D eigenvalue weighted by Crippen LogP contribution is -2.57. The molecule has 0 aromatic heterocycles. The fourth-order valence-electron chi connectivity index (χ4n) is 6.46. The first-order chi connectivity index (χ1) is 11.9. The van der Waals surface area contributed by atoms with Crippen LogP contribution in [0.25, 0.3) is 0 Å². The number of hydrogen-bond donors (Lipinski definition) is 1. The van der Waals surface area contributed by atoms with Gasteiger partial charge >= 0.3 is 0 Å². The van der Waals surface area contributed by atoms with Crippen LogP contribution in [-0.4, -0.2) is 16.2 Å². The monoisotopic (exact) mass is 368 g/mol. The summed E-state index contributed by atoms with van der Waals surface area (Å²) in [6.07, 6.45) is 18.1. The number of hydrogen-bond acceptors (Lipinski definition) is 1. The molecule has 4 aliphatic rings. The third-order valence-electron chi connectivity index (χ3n) is 7.74. The Morgan fingerprint density at radius 1 is 0.615 bits per heavy atom. The van der Waals surface area contributed by atoms with Crippen molar-refractivity contribution in [2.45, 2.75) is 124 Å². The molecule has 0 saturated heterocycles. The van der Waals surface area contributed by atoms with Gasteiger partial charge in [-0.3, -0.25) is 0 Å². The molecule has 0 radical (unpaired) electrons. The Hall–Kier alpha value is -0.0800. The van der Waals surface area contributed by atoms with Crippen molar-refractivity contribution >= 4 is 0 Å². The average molecular weight is 369 g/mol. The number of fused-ring (bicyclic) bond motifs is 4. The van der Waals surface area contributed by atoms with Crippen LogP contribution in [0, 0.1) is 29.1 Å². The summed E-state index contributed by atoms with van der Waals surface area (Å²) < 4.78 is 0. The van der Waals surface area contributed by atoms with Crippen molar-refractivity contribution in [1.29, 1.82) is 0 Å². The Labute approximate surface area is 163 Å². The van der Waals surface area contributed by atoms with Crippen LogP contribution in [0.1, 0.15) is 118 Å². The second-order valence-corrected chi connectivity index (χ2v) is 10.1. The van der Waals surface area contributed by atoms with Gasteiger partial charge in [-0.05, 0) is 74.5 Å². The van der Waals surface area contributed by atoms with Gasteiger partial charge in [0.15, 0.2) is 0 Å². The molecule has 3 N–H and O–H groups in total. The van der Waals surface area contributed by atoms with Crippen molar-refractivity contribution in [2.75, 3.05) is 0 Å². The van der Waals surface area contributed by atoms with Gasteiger partial charge in [-0.25, -0.2) is 0 Å². The normalized spacial score (nSPS) is 40.4. The molecule has 0 amide bonds. The molecule has 5 atom stereocenters. The minimum atomic E-state index is -0.334. The molecule has 4 aliphatic carbocycles. The van der Waals surface area contributed by atoms with Gasteiger partial charge in [0.25, 0.3) is 0 Å². The fourth-order valence-corrected chi connectivity index (χ4v) is 6.46. The molecule has 0 aromatic carbocycles. The molecule has 5 unspecified atom stereocenters. The zero-order valence-electron chi connectivity index (χ0n) is 18.4. The van der Waals surface area contributed by atoms with Crippen LogP contribution in [-0.2, 0) is 0 Å². The van der Waals surface area contributed by atoms with Crippen LogP contribution in [0.2, 0.25) is 0 Å². The molecule has 0 aliphatic heterocycles. The predicted molar refractivity (Wildman–Crippen MR) is 113 cm³/mol. The highest BCUT2D eigenvalue weighted by atomic mass is 16.3. The third-order valence-corrected chi connectivity index (χ3v) is 7.74. The van der Waals surface area contributed by atoms with Gasteiger partial charge in [0.1, 0.15) is 0 Å². The lowest BCUT2D eigenvalue weighted by Gasteiger charge is -2.59. The Kier molecular flexibility index (Phi) is 9.64. The van der Waals surface area contributed by atoms with Gasteiger partial charge in [-0.1, -0.05) is 72.6 Å². The van der Waals surface area contributed by atoms with E-state index >= 15 is 0 Å². The molecule has 2 heteroatoms. The molecular formula is C24H48O2. The largest absolute Gasteiger partial charge is 0.412 e. The van der Waals surface area contributed by atoms with E-state index in [1.54, 1.807) is 0 Å². The highest BCUT2D eigenvalue weighted by Gasteiger charge is 2.57. The number of rotatable bonds is 0. The standard InChI is InChI=1S/C14H24O.C8H16.C2H6.H2O/c1-14(15)9-5-4-8-12-10-6-2-3-7-11(10)13(12)14;1-8(2)6-4-3-5-7-8;1-2;/h10-13,15H,2-9H2,1H3;3-7H2,1-2H3;1-2H3;1H2. The molecule has 4 saturated carbocycles. The molecule has 0 bridgehead atoms. The van der Waals surface area contributed by atoms with E-state index in [0.29, 0.717) is 11.3 Å². The Balaban J connectivity index is 0.000000264. The van der Waals surface area contributed by atoms with Crippen molar-refractivity contribution in [3.05, 3.63) is 0 Å². The van der Waals surface area contributed by atoms with Crippen LogP contribution >= 0.6 is 0 Å². The summed E-state index contributed by atoms with van der Waals surface area (Å²) >= 11 is 0. The van der Waals surface area contributed by atoms with Gasteiger partial charge in [0.2, 0.25) is 0 Å². The van der Waals surface area contributed by atoms with E-state index in [-0.39, 0.29) is 11.1 Å². The van der Waals surface area contributed by atoms with E-state index in [4.69, 9.17) is 0 Å². The average Bonchev–Trinajstić information content (AvgIpc) is 2.70. The van der Waals surface area contributed by atoms with Crippen LogP contribution in [0.5, 0.6) is 0 Å². The molecule has 4 fully saturated rings. The minimum absolute atomic E-state index is 0. The molecular weight excluding hydrogens is 320 g/mol. The summed E-state index contributed by atoms with van der Waals surface area (Å²) in [5.41, 5.74) is 0.345. The molecule has 156 valence electrons. The highest BCUT2D eigenvalue weighted by molar-refractivity contribution is 5.06. The predicted octanol–water partition coefficient (Wildman–Crippen LogP) is 6.54. The zero-order chi connectivity index (χ0) is 18.5. The van der Waals surface area contributed by atoms with E-state index < -0.39 is 0 Å². The molecule has 4 rings (SSSR count). The summed E-state index contributed by atoms with van der Waals surface area (Å²) in [4.78, 5) is 0. The van der Waals surface area contributed by atoms with Crippen molar-refractivity contribution in [3.63, 3.8) is 0 Å². The van der Waals surface area contributed by atoms with E-state index in [9.17, 15) is 5.11 Å². The Bertz CT molecular complexity index is 380. The van der Waals surface area contributed by atoms with Gasteiger partial charge in [0, 0.05) is 0 Å². The SMILES string of the molecule is CC.CC1(C)CCCCC1.CC1(O)CCCCC2C3CCCCC3C21.O. The fraction of sp³-hybridized carbons (Fsp3) is 1.00. The van der Waals surface area contributed by atoms with Crippen molar-refractivity contribution in [2.24, 2.45) is 29.1 Å². The topological polar surface area (TPSA) is 51.7 Å². The van der Waals surface area contributed by atoms with Gasteiger partial charge < -0.3 is 10.6 Å². The van der Waals surface area contributed by atoms with Crippen molar-refractivity contribution < 1.29 is 10.6 Å². The van der Waals surface area contributed by atoms with Gasteiger partial charge in [-0.15, -0.1) is 0 Å². The third kappa shape index (κ3) is 5.71. The minimum Gasteiger partial charge on any atom is -0.412 e. The van der Waals surface area contributed by atoms with Crippen molar-refractivity contribution in [3.8, 4) is 0 Å². The van der Waals surface area contributed by atoms with Gasteiger partial charge in [0.05, 0.1) is 5.60 Å². The first-order valence-electron chi connectivity index (χ1n) is 11.6. The highest BCUT2D eigenvalue weighted by Crippen LogP contribution is 2.60. The maximum atomic E-state index is 10.6. The number of aliphatic hydroxyl groups is 1. The maximum absolute atomic E-state index is 10.6. The molecule has 2 nitrogen and oxygen atoms in total. The lowest BCUT2D eigenvalue weighted by atomic mass is 9.47. The van der Waals surface area contributed by atoms with E-state index in [2.05, 4.69) is 20.8 Å². The zero-order valence-corrected chi connectivity index (χ0v) is 18.4. The Morgan fingerprint density at radius 3 is 1.50 bits per heavy atom. The summed E-state index contributed by atoms with van der Waals surface area (Å²) in [5.74, 6) is 3.42. The maximum Gasteiger partial charge on any atom is 0.0653 e. The smallest absolute Gasteiger partial charge is 0.0653 e. The molecule has 26 heavy (non-hydrogen) atoms. The summed E-state index contributed by atoms with van der Waals surface area (Å²) in [6, 6.07) is 0. The van der Waals surface area contributed by atoms with Crippen LogP contribution in [0.3, 0.4) is 0 Å². The van der Waals surface area contributed by atoms with E-state index in [1.165, 1.54) is 77.0 Å². The Morgan fingerprint density at radius 2 is 1.04 bits per heavy atom. The second-order valence-electron chi connectivity index (χ2n) is 10.1. The second kappa shape index (κ2) is 10.5. The van der Waals surface area contributed by atoms with E-state index in [0.717, 1.165) is 24.2 Å². The first kappa shape index (κ1) is 24.0. The summed E-state index contributed by atoms with van der Waals surface area (Å²) in [6.45, 7) is 10.9.